The van der Waals surface area contributed by atoms with E-state index in [1.165, 1.54) is 16.0 Å². The Labute approximate surface area is 159 Å². The molecule has 0 fully saturated rings. The van der Waals surface area contributed by atoms with Crippen LogP contribution in [0.4, 0.5) is 0 Å². The second-order valence-corrected chi connectivity index (χ2v) is 7.56. The molecule has 134 valence electrons. The Morgan fingerprint density at radius 1 is 1.04 bits per heavy atom. The van der Waals surface area contributed by atoms with Crippen molar-refractivity contribution in [3.05, 3.63) is 93.7 Å². The maximum absolute atomic E-state index is 12.6. The molecule has 0 radical (unpaired) electrons. The fraction of sp³-hybridized carbons (Fsp3) is 0.227. The van der Waals surface area contributed by atoms with Crippen molar-refractivity contribution in [1.82, 2.24) is 4.90 Å². The Hall–Kier alpha value is -2.43. The monoisotopic (exact) mass is 365 g/mol. The number of hydrogen-bond acceptors (Lipinski definition) is 2. The fourth-order valence-corrected chi connectivity index (χ4v) is 3.83. The Morgan fingerprint density at radius 3 is 2.42 bits per heavy atom. The van der Waals surface area contributed by atoms with Crippen molar-refractivity contribution in [2.75, 3.05) is 13.6 Å². The molecule has 0 saturated heterocycles. The van der Waals surface area contributed by atoms with Crippen molar-refractivity contribution in [3.8, 4) is 0 Å². The Balaban J connectivity index is 1.63. The summed E-state index contributed by atoms with van der Waals surface area (Å²) in [5.74, 6) is 0.142. The average Bonchev–Trinajstić information content (AvgIpc) is 3.19. The fourth-order valence-electron chi connectivity index (χ4n) is 2.98. The number of carbonyl (C=O) groups is 1. The highest BCUT2D eigenvalue weighted by Crippen LogP contribution is 2.22. The third-order valence-electron chi connectivity index (χ3n) is 4.50. The molecule has 26 heavy (non-hydrogen) atoms. The normalized spacial score (nSPS) is 11.9. The molecule has 0 saturated carbocycles. The van der Waals surface area contributed by atoms with Gasteiger partial charge in [-0.25, -0.2) is 0 Å². The van der Waals surface area contributed by atoms with Crippen LogP contribution >= 0.6 is 11.3 Å². The summed E-state index contributed by atoms with van der Waals surface area (Å²) in [5, 5.41) is 4.22. The van der Waals surface area contributed by atoms with Gasteiger partial charge in [0.05, 0.1) is 4.88 Å². The largest absolute Gasteiger partial charge is 0.337 e. The molecule has 1 aromatic heterocycles. The lowest BCUT2D eigenvalue weighted by atomic mass is 10.1. The predicted octanol–water partition coefficient (Wildman–Crippen LogP) is 3.37. The zero-order chi connectivity index (χ0) is 18.4. The van der Waals surface area contributed by atoms with E-state index < -0.39 is 0 Å². The first-order chi connectivity index (χ1) is 12.6. The van der Waals surface area contributed by atoms with Crippen LogP contribution in [0.1, 0.15) is 27.6 Å². The van der Waals surface area contributed by atoms with Crippen LogP contribution in [0.5, 0.6) is 0 Å². The van der Waals surface area contributed by atoms with Gasteiger partial charge in [0.1, 0.15) is 6.04 Å². The number of likely N-dealkylation sites (N-methyl/N-ethyl adjacent to an activating group) is 1. The number of carbonyl (C=O) groups excluding carboxylic acids is 1. The molecule has 2 aromatic carbocycles. The number of nitrogens with two attached hydrogens (primary N) is 1. The molecule has 3 aromatic rings. The van der Waals surface area contributed by atoms with Crippen LogP contribution < -0.4 is 5.32 Å². The Kier molecular flexibility index (Phi) is 6.21. The van der Waals surface area contributed by atoms with Crippen LogP contribution in [0.3, 0.4) is 0 Å². The van der Waals surface area contributed by atoms with Crippen LogP contribution in [0.15, 0.2) is 72.1 Å². The molecule has 1 amide bonds. The van der Waals surface area contributed by atoms with Gasteiger partial charge in [0, 0.05) is 19.2 Å². The molecule has 0 aliphatic rings. The van der Waals surface area contributed by atoms with Gasteiger partial charge in [-0.1, -0.05) is 66.2 Å². The van der Waals surface area contributed by atoms with Crippen LogP contribution in [0.25, 0.3) is 0 Å². The zero-order valence-electron chi connectivity index (χ0n) is 15.3. The Bertz CT molecular complexity index is 813. The number of hydrogen-bond donors (Lipinski definition) is 1. The Morgan fingerprint density at radius 2 is 1.77 bits per heavy atom. The second-order valence-electron chi connectivity index (χ2n) is 6.58. The van der Waals surface area contributed by atoms with Gasteiger partial charge in [0.2, 0.25) is 0 Å². The summed E-state index contributed by atoms with van der Waals surface area (Å²) < 4.78 is 0. The van der Waals surface area contributed by atoms with Gasteiger partial charge in [-0.3, -0.25) is 4.79 Å². The molecule has 0 aliphatic carbocycles. The summed E-state index contributed by atoms with van der Waals surface area (Å²) in [6.45, 7) is 3.14. The van der Waals surface area contributed by atoms with Gasteiger partial charge in [0.15, 0.2) is 6.54 Å². The minimum Gasteiger partial charge on any atom is -0.337 e. The molecule has 0 unspecified atom stereocenters. The van der Waals surface area contributed by atoms with E-state index >= 15 is 0 Å². The van der Waals surface area contributed by atoms with Crippen LogP contribution in [0.2, 0.25) is 0 Å². The van der Waals surface area contributed by atoms with Crippen molar-refractivity contribution in [3.63, 3.8) is 0 Å². The summed E-state index contributed by atoms with van der Waals surface area (Å²) in [6, 6.07) is 23.1. The molecule has 3 rings (SSSR count). The molecular weight excluding hydrogens is 340 g/mol. The number of quaternary nitrogens is 1. The molecule has 0 aliphatic heterocycles. The number of rotatable bonds is 7. The van der Waals surface area contributed by atoms with Crippen molar-refractivity contribution < 1.29 is 10.1 Å². The topological polar surface area (TPSA) is 36.9 Å². The number of thiophene rings is 1. The highest BCUT2D eigenvalue weighted by Gasteiger charge is 2.21. The smallest absolute Gasteiger partial charge is 0.277 e. The number of aryl methyl sites for hydroxylation is 1. The highest BCUT2D eigenvalue weighted by atomic mass is 32.1. The van der Waals surface area contributed by atoms with E-state index in [9.17, 15) is 4.79 Å². The van der Waals surface area contributed by atoms with Crippen LogP contribution in [-0.2, 0) is 11.3 Å². The third kappa shape index (κ3) is 4.81. The first-order valence-electron chi connectivity index (χ1n) is 8.84. The number of benzene rings is 2. The van der Waals surface area contributed by atoms with Crippen molar-refractivity contribution in [2.24, 2.45) is 0 Å². The van der Waals surface area contributed by atoms with Crippen molar-refractivity contribution >= 4 is 17.2 Å². The second kappa shape index (κ2) is 8.79. The van der Waals surface area contributed by atoms with Gasteiger partial charge < -0.3 is 10.2 Å². The quantitative estimate of drug-likeness (QED) is 0.685. The van der Waals surface area contributed by atoms with Crippen molar-refractivity contribution in [1.29, 1.82) is 0 Å². The van der Waals surface area contributed by atoms with E-state index in [2.05, 4.69) is 78.3 Å². The summed E-state index contributed by atoms with van der Waals surface area (Å²) in [7, 11) is 1.87. The molecule has 3 nitrogen and oxygen atoms in total. The SMILES string of the molecule is Cc1ccc(CN(C)C(=O)C[NH2+][C@H](c2ccccc2)c2cccs2)cc1. The summed E-state index contributed by atoms with van der Waals surface area (Å²) in [4.78, 5) is 15.7. The summed E-state index contributed by atoms with van der Waals surface area (Å²) in [6.07, 6.45) is 0. The van der Waals surface area contributed by atoms with E-state index in [0.717, 1.165) is 5.56 Å². The van der Waals surface area contributed by atoms with E-state index in [1.807, 2.05) is 13.1 Å². The zero-order valence-corrected chi connectivity index (χ0v) is 16.1. The molecule has 2 N–H and O–H groups in total. The third-order valence-corrected chi connectivity index (χ3v) is 5.46. The molecular formula is C22H25N2OS+. The first-order valence-corrected chi connectivity index (χ1v) is 9.72. The number of nitrogens with zero attached hydrogens (tertiary/aromatic N) is 1. The molecule has 0 spiro atoms. The van der Waals surface area contributed by atoms with Gasteiger partial charge in [0.25, 0.3) is 5.91 Å². The highest BCUT2D eigenvalue weighted by molar-refractivity contribution is 7.10. The van der Waals surface area contributed by atoms with Gasteiger partial charge in [-0.05, 0) is 23.9 Å². The van der Waals surface area contributed by atoms with E-state index in [-0.39, 0.29) is 11.9 Å². The predicted molar refractivity (Wildman–Crippen MR) is 107 cm³/mol. The van der Waals surface area contributed by atoms with E-state index in [4.69, 9.17) is 0 Å². The minimum atomic E-state index is 0.142. The lowest BCUT2D eigenvalue weighted by Gasteiger charge is -2.19. The molecule has 4 heteroatoms. The first kappa shape index (κ1) is 18.4. The van der Waals surface area contributed by atoms with Gasteiger partial charge >= 0.3 is 0 Å². The standard InChI is InChI=1S/C22H24N2OS/c1-17-10-12-18(13-11-17)16-24(2)21(25)15-23-22(20-9-6-14-26-20)19-7-4-3-5-8-19/h3-14,22-23H,15-16H2,1-2H3/p+1/t22-/m1/s1. The lowest BCUT2D eigenvalue weighted by Crippen LogP contribution is -2.87. The molecule has 1 atom stereocenters. The average molecular weight is 366 g/mol. The van der Waals surface area contributed by atoms with Crippen LogP contribution in [-0.4, -0.2) is 24.4 Å². The maximum Gasteiger partial charge on any atom is 0.277 e. The summed E-state index contributed by atoms with van der Waals surface area (Å²) in [5.41, 5.74) is 3.62. The van der Waals surface area contributed by atoms with Gasteiger partial charge in [-0.15, -0.1) is 11.3 Å². The number of amides is 1. The summed E-state index contributed by atoms with van der Waals surface area (Å²) >= 11 is 1.73. The molecule has 0 bridgehead atoms. The molecule has 1 heterocycles. The van der Waals surface area contributed by atoms with E-state index in [0.29, 0.717) is 13.1 Å². The van der Waals surface area contributed by atoms with Crippen LogP contribution in [0, 0.1) is 6.92 Å². The lowest BCUT2D eigenvalue weighted by molar-refractivity contribution is -0.676. The van der Waals surface area contributed by atoms with Gasteiger partial charge in [-0.2, -0.15) is 0 Å². The van der Waals surface area contributed by atoms with E-state index in [1.54, 1.807) is 16.2 Å². The minimum absolute atomic E-state index is 0.142. The van der Waals surface area contributed by atoms with Crippen molar-refractivity contribution in [2.45, 2.75) is 19.5 Å². The maximum atomic E-state index is 12.6.